The second-order valence-electron chi connectivity index (χ2n) is 2.46. The first-order valence-electron chi connectivity index (χ1n) is 3.79. The fourth-order valence-electron chi connectivity index (χ4n) is 0.948. The van der Waals surface area contributed by atoms with E-state index in [9.17, 15) is 4.79 Å². The molecule has 0 aliphatic carbocycles. The molecule has 0 fully saturated rings. The van der Waals surface area contributed by atoms with Gasteiger partial charge in [-0.2, -0.15) is 0 Å². The van der Waals surface area contributed by atoms with Crippen molar-refractivity contribution in [1.29, 1.82) is 0 Å². The Hall–Kier alpha value is -1.06. The van der Waals surface area contributed by atoms with E-state index in [0.717, 1.165) is 10.6 Å². The Morgan fingerprint density at radius 1 is 1.46 bits per heavy atom. The topological polar surface area (TPSA) is 29.5 Å². The van der Waals surface area contributed by atoms with Crippen LogP contribution in [0.1, 0.15) is 5.56 Å². The van der Waals surface area contributed by atoms with E-state index in [0.29, 0.717) is 6.54 Å². The van der Waals surface area contributed by atoms with Crippen molar-refractivity contribution in [2.24, 2.45) is 0 Å². The van der Waals surface area contributed by atoms with Crippen LogP contribution < -0.4 is 0 Å². The first kappa shape index (κ1) is 10.0. The molecule has 1 rings (SSSR count). The van der Waals surface area contributed by atoms with Gasteiger partial charge in [-0.1, -0.05) is 30.3 Å². The third kappa shape index (κ3) is 3.05. The van der Waals surface area contributed by atoms with Crippen molar-refractivity contribution in [3.8, 4) is 0 Å². The largest absolute Gasteiger partial charge is 0.340 e. The van der Waals surface area contributed by atoms with Gasteiger partial charge in [-0.15, -0.1) is 0 Å². The summed E-state index contributed by atoms with van der Waals surface area (Å²) >= 11 is 5.26. The highest BCUT2D eigenvalue weighted by molar-refractivity contribution is 6.62. The quantitative estimate of drug-likeness (QED) is 0.425. The van der Waals surface area contributed by atoms with E-state index in [1.807, 2.05) is 30.3 Å². The predicted molar refractivity (Wildman–Crippen MR) is 50.2 cm³/mol. The van der Waals surface area contributed by atoms with Gasteiger partial charge in [0.2, 0.25) is 0 Å². The molecule has 70 valence electrons. The number of hydrogen-bond donors (Lipinski definition) is 0. The van der Waals surface area contributed by atoms with Crippen molar-refractivity contribution in [2.45, 2.75) is 6.54 Å². The number of hydroxylamine groups is 2. The van der Waals surface area contributed by atoms with Gasteiger partial charge in [-0.05, 0) is 17.2 Å². The van der Waals surface area contributed by atoms with Gasteiger partial charge in [0.1, 0.15) is 0 Å². The molecule has 0 bridgehead atoms. The van der Waals surface area contributed by atoms with E-state index >= 15 is 0 Å². The van der Waals surface area contributed by atoms with Crippen LogP contribution in [-0.2, 0) is 11.4 Å². The van der Waals surface area contributed by atoms with Crippen molar-refractivity contribution >= 4 is 17.0 Å². The van der Waals surface area contributed by atoms with E-state index in [1.54, 1.807) is 0 Å². The maximum absolute atomic E-state index is 10.7. The maximum Gasteiger partial charge on any atom is 0.340 e. The molecule has 4 heteroatoms. The van der Waals surface area contributed by atoms with Gasteiger partial charge in [-0.3, -0.25) is 9.63 Å². The summed E-state index contributed by atoms with van der Waals surface area (Å²) in [5.74, 6) is 0. The van der Waals surface area contributed by atoms with Crippen molar-refractivity contribution < 1.29 is 9.63 Å². The standard InChI is InChI=1S/C9H10ClNO2/c1-13-11(9(10)12)7-8-5-3-2-4-6-8/h2-6H,7H2,1H3. The third-order valence-electron chi connectivity index (χ3n) is 1.59. The lowest BCUT2D eigenvalue weighted by atomic mass is 10.2. The molecule has 1 aromatic rings. The number of carbonyl (C=O) groups excluding carboxylic acids is 1. The zero-order valence-electron chi connectivity index (χ0n) is 7.24. The van der Waals surface area contributed by atoms with Crippen molar-refractivity contribution in [3.63, 3.8) is 0 Å². The van der Waals surface area contributed by atoms with Gasteiger partial charge in [0.25, 0.3) is 0 Å². The number of amides is 1. The molecule has 3 nitrogen and oxygen atoms in total. The van der Waals surface area contributed by atoms with Crippen LogP contribution >= 0.6 is 11.6 Å². The monoisotopic (exact) mass is 199 g/mol. The maximum atomic E-state index is 10.7. The first-order valence-corrected chi connectivity index (χ1v) is 4.17. The Bertz CT molecular complexity index is 276. The van der Waals surface area contributed by atoms with Crippen molar-refractivity contribution in [3.05, 3.63) is 35.9 Å². The number of hydrogen-bond acceptors (Lipinski definition) is 2. The number of nitrogens with zero attached hydrogens (tertiary/aromatic N) is 1. The number of benzene rings is 1. The molecule has 0 N–H and O–H groups in total. The predicted octanol–water partition coefficient (Wildman–Crippen LogP) is 2.41. The van der Waals surface area contributed by atoms with Crippen LogP contribution in [0.25, 0.3) is 0 Å². The first-order chi connectivity index (χ1) is 6.24. The van der Waals surface area contributed by atoms with Crippen LogP contribution in [0.2, 0.25) is 0 Å². The second-order valence-corrected chi connectivity index (χ2v) is 2.78. The van der Waals surface area contributed by atoms with E-state index in [4.69, 9.17) is 16.4 Å². The minimum atomic E-state index is -0.619. The second kappa shape index (κ2) is 4.84. The summed E-state index contributed by atoms with van der Waals surface area (Å²) in [5.41, 5.74) is 0.971. The lowest BCUT2D eigenvalue weighted by molar-refractivity contribution is -0.0844. The third-order valence-corrected chi connectivity index (χ3v) is 1.77. The highest BCUT2D eigenvalue weighted by Crippen LogP contribution is 2.06. The van der Waals surface area contributed by atoms with Gasteiger partial charge in [-0.25, -0.2) is 5.06 Å². The lowest BCUT2D eigenvalue weighted by Gasteiger charge is -2.15. The summed E-state index contributed by atoms with van der Waals surface area (Å²) in [4.78, 5) is 15.5. The molecule has 0 spiro atoms. The summed E-state index contributed by atoms with van der Waals surface area (Å²) in [7, 11) is 1.41. The molecule has 0 radical (unpaired) electrons. The van der Waals surface area contributed by atoms with E-state index < -0.39 is 5.37 Å². The molecule has 0 heterocycles. The summed E-state index contributed by atoms with van der Waals surface area (Å²) in [6.45, 7) is 0.361. The summed E-state index contributed by atoms with van der Waals surface area (Å²) in [5, 5.41) is 0.461. The van der Waals surface area contributed by atoms with Crippen LogP contribution in [0.3, 0.4) is 0 Å². The normalized spacial score (nSPS) is 9.69. The van der Waals surface area contributed by atoms with Gasteiger partial charge >= 0.3 is 5.37 Å². The zero-order chi connectivity index (χ0) is 9.68. The SMILES string of the molecule is CON(Cc1ccccc1)C(=O)Cl. The molecule has 0 saturated heterocycles. The Morgan fingerprint density at radius 3 is 2.54 bits per heavy atom. The van der Waals surface area contributed by atoms with Gasteiger partial charge in [0, 0.05) is 0 Å². The smallest absolute Gasteiger partial charge is 0.273 e. The minimum absolute atomic E-state index is 0.361. The van der Waals surface area contributed by atoms with E-state index in [2.05, 4.69) is 0 Å². The summed E-state index contributed by atoms with van der Waals surface area (Å²) in [6, 6.07) is 9.48. The van der Waals surface area contributed by atoms with Crippen LogP contribution in [0, 0.1) is 0 Å². The van der Waals surface area contributed by atoms with Crippen LogP contribution in [-0.4, -0.2) is 17.5 Å². The molecule has 0 aliphatic heterocycles. The molecule has 0 aliphatic rings. The van der Waals surface area contributed by atoms with Crippen molar-refractivity contribution in [1.82, 2.24) is 5.06 Å². The fourth-order valence-corrected chi connectivity index (χ4v) is 1.08. The average Bonchev–Trinajstić information content (AvgIpc) is 2.15. The van der Waals surface area contributed by atoms with Crippen molar-refractivity contribution in [2.75, 3.05) is 7.11 Å². The molecule has 1 aromatic carbocycles. The summed E-state index contributed by atoms with van der Waals surface area (Å²) in [6.07, 6.45) is 0. The molecule has 0 unspecified atom stereocenters. The van der Waals surface area contributed by atoms with Gasteiger partial charge in [0.15, 0.2) is 0 Å². The van der Waals surface area contributed by atoms with Crippen LogP contribution in [0.15, 0.2) is 30.3 Å². The molecule has 0 atom stereocenters. The Morgan fingerprint density at radius 2 is 2.08 bits per heavy atom. The van der Waals surface area contributed by atoms with E-state index in [1.165, 1.54) is 7.11 Å². The summed E-state index contributed by atoms with van der Waals surface area (Å²) < 4.78 is 0. The fraction of sp³-hybridized carbons (Fsp3) is 0.222. The Labute approximate surface area is 81.8 Å². The molecule has 0 aromatic heterocycles. The van der Waals surface area contributed by atoms with Gasteiger partial charge in [0.05, 0.1) is 13.7 Å². The molecular formula is C9H10ClNO2. The number of carbonyl (C=O) groups is 1. The van der Waals surface area contributed by atoms with Gasteiger partial charge < -0.3 is 0 Å². The lowest BCUT2D eigenvalue weighted by Crippen LogP contribution is -2.24. The molecule has 0 saturated carbocycles. The Kier molecular flexibility index (Phi) is 3.73. The number of halogens is 1. The minimum Gasteiger partial charge on any atom is -0.273 e. The highest BCUT2D eigenvalue weighted by Gasteiger charge is 2.09. The molecular weight excluding hydrogens is 190 g/mol. The highest BCUT2D eigenvalue weighted by atomic mass is 35.5. The molecule has 1 amide bonds. The van der Waals surface area contributed by atoms with Crippen LogP contribution in [0.4, 0.5) is 4.79 Å². The number of rotatable bonds is 3. The zero-order valence-corrected chi connectivity index (χ0v) is 7.99. The Balaban J connectivity index is 2.62. The van der Waals surface area contributed by atoms with E-state index in [-0.39, 0.29) is 0 Å². The molecule has 13 heavy (non-hydrogen) atoms. The average molecular weight is 200 g/mol. The van der Waals surface area contributed by atoms with Crippen LogP contribution in [0.5, 0.6) is 0 Å².